The highest BCUT2D eigenvalue weighted by atomic mass is 19.1. The fourth-order valence-electron chi connectivity index (χ4n) is 4.07. The minimum atomic E-state index is -0.781. The minimum Gasteiger partial charge on any atom is -0.347 e. The first-order chi connectivity index (χ1) is 13.9. The molecule has 29 heavy (non-hydrogen) atoms. The lowest BCUT2D eigenvalue weighted by molar-refractivity contribution is -0.143. The summed E-state index contributed by atoms with van der Waals surface area (Å²) >= 11 is 0. The lowest BCUT2D eigenvalue weighted by atomic mass is 9.95. The third-order valence-electron chi connectivity index (χ3n) is 5.72. The summed E-state index contributed by atoms with van der Waals surface area (Å²) in [6.07, 6.45) is 3.21. The lowest BCUT2D eigenvalue weighted by Gasteiger charge is -2.35. The molecule has 0 bridgehead atoms. The SMILES string of the molecule is CCN1CC(C(=O)N2CCCCC(NC(=O)c3cc(F)ccc3F)C2)CCC1=O. The molecule has 0 aromatic heterocycles. The van der Waals surface area contributed by atoms with Gasteiger partial charge in [-0.15, -0.1) is 0 Å². The summed E-state index contributed by atoms with van der Waals surface area (Å²) in [6.45, 7) is 3.83. The zero-order valence-electron chi connectivity index (χ0n) is 16.6. The van der Waals surface area contributed by atoms with Crippen LogP contribution < -0.4 is 5.32 Å². The van der Waals surface area contributed by atoms with Crippen LogP contribution in [-0.4, -0.2) is 59.7 Å². The Hall–Kier alpha value is -2.51. The van der Waals surface area contributed by atoms with Gasteiger partial charge in [0.2, 0.25) is 11.8 Å². The monoisotopic (exact) mass is 407 g/mol. The van der Waals surface area contributed by atoms with Crippen molar-refractivity contribution in [1.29, 1.82) is 0 Å². The van der Waals surface area contributed by atoms with Crippen molar-refractivity contribution in [3.63, 3.8) is 0 Å². The van der Waals surface area contributed by atoms with E-state index >= 15 is 0 Å². The van der Waals surface area contributed by atoms with E-state index in [0.717, 1.165) is 31.0 Å². The van der Waals surface area contributed by atoms with Crippen molar-refractivity contribution < 1.29 is 23.2 Å². The second kappa shape index (κ2) is 9.33. The van der Waals surface area contributed by atoms with Crippen molar-refractivity contribution in [2.45, 2.75) is 45.1 Å². The summed E-state index contributed by atoms with van der Waals surface area (Å²) in [5.74, 6) is -2.30. The Morgan fingerprint density at radius 3 is 2.72 bits per heavy atom. The lowest BCUT2D eigenvalue weighted by Crippen LogP contribution is -2.50. The summed E-state index contributed by atoms with van der Waals surface area (Å²) in [6, 6.07) is 2.44. The van der Waals surface area contributed by atoms with Crippen molar-refractivity contribution in [2.75, 3.05) is 26.2 Å². The highest BCUT2D eigenvalue weighted by Crippen LogP contribution is 2.22. The average molecular weight is 407 g/mol. The van der Waals surface area contributed by atoms with Gasteiger partial charge >= 0.3 is 0 Å². The van der Waals surface area contributed by atoms with Gasteiger partial charge in [-0.1, -0.05) is 0 Å². The van der Waals surface area contributed by atoms with Crippen LogP contribution in [0.4, 0.5) is 8.78 Å². The third kappa shape index (κ3) is 5.10. The van der Waals surface area contributed by atoms with E-state index in [1.165, 1.54) is 0 Å². The molecule has 0 saturated carbocycles. The van der Waals surface area contributed by atoms with E-state index < -0.39 is 17.5 Å². The molecule has 0 aliphatic carbocycles. The molecule has 158 valence electrons. The van der Waals surface area contributed by atoms with Crippen LogP contribution in [0.2, 0.25) is 0 Å². The molecule has 0 spiro atoms. The number of nitrogens with one attached hydrogen (secondary N) is 1. The molecule has 2 saturated heterocycles. The van der Waals surface area contributed by atoms with Crippen molar-refractivity contribution >= 4 is 17.7 Å². The fourth-order valence-corrected chi connectivity index (χ4v) is 4.07. The van der Waals surface area contributed by atoms with Crippen LogP contribution in [-0.2, 0) is 9.59 Å². The number of benzene rings is 1. The number of hydrogen-bond donors (Lipinski definition) is 1. The standard InChI is InChI=1S/C21H27F2N3O3/c1-2-25-12-14(6-9-19(25)27)21(29)26-10-4-3-5-16(13-26)24-20(28)17-11-15(22)7-8-18(17)23/h7-8,11,14,16H,2-6,9-10,12-13H2,1H3,(H,24,28). The molecule has 1 N–H and O–H groups in total. The third-order valence-corrected chi connectivity index (χ3v) is 5.72. The van der Waals surface area contributed by atoms with Gasteiger partial charge in [0.05, 0.1) is 11.5 Å². The molecular formula is C21H27F2N3O3. The first-order valence-electron chi connectivity index (χ1n) is 10.2. The van der Waals surface area contributed by atoms with E-state index in [0.29, 0.717) is 45.4 Å². The first kappa shape index (κ1) is 21.2. The molecule has 2 heterocycles. The fraction of sp³-hybridized carbons (Fsp3) is 0.571. The van der Waals surface area contributed by atoms with Crippen molar-refractivity contribution in [3.8, 4) is 0 Å². The maximum Gasteiger partial charge on any atom is 0.254 e. The molecule has 2 atom stereocenters. The maximum atomic E-state index is 13.9. The first-order valence-corrected chi connectivity index (χ1v) is 10.2. The highest BCUT2D eigenvalue weighted by molar-refractivity contribution is 5.94. The van der Waals surface area contributed by atoms with Gasteiger partial charge in [-0.25, -0.2) is 8.78 Å². The summed E-state index contributed by atoms with van der Waals surface area (Å²) < 4.78 is 27.3. The molecule has 8 heteroatoms. The predicted octanol–water partition coefficient (Wildman–Crippen LogP) is 2.33. The largest absolute Gasteiger partial charge is 0.347 e. The van der Waals surface area contributed by atoms with E-state index in [2.05, 4.69) is 5.32 Å². The Bertz CT molecular complexity index is 786. The average Bonchev–Trinajstić information content (AvgIpc) is 2.95. The summed E-state index contributed by atoms with van der Waals surface area (Å²) in [5, 5.41) is 2.75. The number of hydrogen-bond acceptors (Lipinski definition) is 3. The Morgan fingerprint density at radius 1 is 1.17 bits per heavy atom. The number of nitrogens with zero attached hydrogens (tertiary/aromatic N) is 2. The van der Waals surface area contributed by atoms with Crippen LogP contribution in [0.25, 0.3) is 0 Å². The number of amides is 3. The predicted molar refractivity (Wildman–Crippen MR) is 103 cm³/mol. The number of carbonyl (C=O) groups is 3. The number of halogens is 2. The topological polar surface area (TPSA) is 69.7 Å². The van der Waals surface area contributed by atoms with E-state index in [9.17, 15) is 23.2 Å². The number of rotatable bonds is 4. The van der Waals surface area contributed by atoms with E-state index in [1.807, 2.05) is 6.92 Å². The number of carbonyl (C=O) groups excluding carboxylic acids is 3. The Labute approximate surface area is 169 Å². The normalized spacial score (nSPS) is 22.9. The van der Waals surface area contributed by atoms with Crippen LogP contribution >= 0.6 is 0 Å². The van der Waals surface area contributed by atoms with Gasteiger partial charge < -0.3 is 15.1 Å². The smallest absolute Gasteiger partial charge is 0.254 e. The molecule has 3 rings (SSSR count). The summed E-state index contributed by atoms with van der Waals surface area (Å²) in [5.41, 5.74) is -0.337. The van der Waals surface area contributed by atoms with Gasteiger partial charge in [-0.2, -0.15) is 0 Å². The van der Waals surface area contributed by atoms with Gasteiger partial charge in [0, 0.05) is 38.6 Å². The Balaban J connectivity index is 1.65. The van der Waals surface area contributed by atoms with Crippen molar-refractivity contribution in [1.82, 2.24) is 15.1 Å². The molecular weight excluding hydrogens is 380 g/mol. The van der Waals surface area contributed by atoms with Crippen molar-refractivity contribution in [2.24, 2.45) is 5.92 Å². The quantitative estimate of drug-likeness (QED) is 0.833. The van der Waals surface area contributed by atoms with Gasteiger partial charge in [0.1, 0.15) is 11.6 Å². The molecule has 1 aromatic rings. The number of piperidine rings is 1. The molecule has 1 aromatic carbocycles. The summed E-state index contributed by atoms with van der Waals surface area (Å²) in [4.78, 5) is 40.8. The van der Waals surface area contributed by atoms with E-state index in [1.54, 1.807) is 9.80 Å². The second-order valence-electron chi connectivity index (χ2n) is 7.74. The highest BCUT2D eigenvalue weighted by Gasteiger charge is 2.33. The molecule has 2 fully saturated rings. The Morgan fingerprint density at radius 2 is 1.97 bits per heavy atom. The molecule has 2 unspecified atom stereocenters. The maximum absolute atomic E-state index is 13.9. The Kier molecular flexibility index (Phi) is 6.82. The van der Waals surface area contributed by atoms with Crippen molar-refractivity contribution in [3.05, 3.63) is 35.4 Å². The van der Waals surface area contributed by atoms with Gasteiger partial charge in [-0.05, 0) is 50.8 Å². The van der Waals surface area contributed by atoms with E-state index in [4.69, 9.17) is 0 Å². The molecule has 2 aliphatic heterocycles. The molecule has 3 amide bonds. The molecule has 0 radical (unpaired) electrons. The zero-order valence-corrected chi connectivity index (χ0v) is 16.6. The molecule has 2 aliphatic rings. The van der Waals surface area contributed by atoms with Crippen LogP contribution in [0, 0.1) is 17.6 Å². The van der Waals surface area contributed by atoms with Gasteiger partial charge in [-0.3, -0.25) is 14.4 Å². The van der Waals surface area contributed by atoms with Crippen LogP contribution in [0.15, 0.2) is 18.2 Å². The zero-order chi connectivity index (χ0) is 21.0. The van der Waals surface area contributed by atoms with Gasteiger partial charge in [0.25, 0.3) is 5.91 Å². The second-order valence-corrected chi connectivity index (χ2v) is 7.74. The minimum absolute atomic E-state index is 0.00552. The van der Waals surface area contributed by atoms with E-state index in [-0.39, 0.29) is 29.3 Å². The van der Waals surface area contributed by atoms with Gasteiger partial charge in [0.15, 0.2) is 0 Å². The van der Waals surface area contributed by atoms with Crippen LogP contribution in [0.5, 0.6) is 0 Å². The molecule has 6 nitrogen and oxygen atoms in total. The number of likely N-dealkylation sites (tertiary alicyclic amines) is 2. The summed E-state index contributed by atoms with van der Waals surface area (Å²) in [7, 11) is 0. The van der Waals surface area contributed by atoms with Crippen LogP contribution in [0.3, 0.4) is 0 Å². The van der Waals surface area contributed by atoms with Crippen LogP contribution in [0.1, 0.15) is 49.4 Å².